The van der Waals surface area contributed by atoms with Crippen LogP contribution in [0.25, 0.3) is 0 Å². The predicted molar refractivity (Wildman–Crippen MR) is 64.3 cm³/mol. The second kappa shape index (κ2) is 5.05. The normalized spacial score (nSPS) is 10.4. The molecule has 0 fully saturated rings. The molecule has 0 amide bonds. The zero-order valence-electron chi connectivity index (χ0n) is 8.97. The van der Waals surface area contributed by atoms with E-state index in [2.05, 4.69) is 15.3 Å². The average Bonchev–Trinajstić information content (AvgIpc) is 2.73. The highest BCUT2D eigenvalue weighted by molar-refractivity contribution is 7.09. The molecule has 16 heavy (non-hydrogen) atoms. The number of aliphatic hydroxyl groups excluding tert-OH is 1. The van der Waals surface area contributed by atoms with Crippen molar-refractivity contribution in [2.24, 2.45) is 0 Å². The van der Waals surface area contributed by atoms with E-state index in [9.17, 15) is 0 Å². The van der Waals surface area contributed by atoms with E-state index in [4.69, 9.17) is 5.11 Å². The van der Waals surface area contributed by atoms with Gasteiger partial charge in [0.2, 0.25) is 0 Å². The van der Waals surface area contributed by atoms with E-state index < -0.39 is 0 Å². The lowest BCUT2D eigenvalue weighted by Gasteiger charge is -2.07. The quantitative estimate of drug-likeness (QED) is 0.850. The van der Waals surface area contributed by atoms with Gasteiger partial charge in [-0.2, -0.15) is 0 Å². The zero-order valence-corrected chi connectivity index (χ0v) is 9.79. The first-order valence-electron chi connectivity index (χ1n) is 4.98. The summed E-state index contributed by atoms with van der Waals surface area (Å²) in [6, 6.07) is 1.80. The molecule has 5 heteroatoms. The topological polar surface area (TPSA) is 58.0 Å². The number of rotatable bonds is 4. The van der Waals surface area contributed by atoms with Crippen LogP contribution in [-0.2, 0) is 13.2 Å². The van der Waals surface area contributed by atoms with Crippen LogP contribution in [0.2, 0.25) is 0 Å². The number of aromatic nitrogens is 2. The number of hydrogen-bond donors (Lipinski definition) is 2. The smallest absolute Gasteiger partial charge is 0.0898 e. The summed E-state index contributed by atoms with van der Waals surface area (Å²) >= 11 is 1.63. The minimum Gasteiger partial charge on any atom is -0.392 e. The molecular formula is C11H13N3OS. The molecule has 0 unspecified atom stereocenters. The van der Waals surface area contributed by atoms with Crippen molar-refractivity contribution in [3.05, 3.63) is 40.1 Å². The number of aliphatic hydroxyl groups is 1. The van der Waals surface area contributed by atoms with Crippen LogP contribution in [0.5, 0.6) is 0 Å². The van der Waals surface area contributed by atoms with E-state index in [0.29, 0.717) is 6.54 Å². The summed E-state index contributed by atoms with van der Waals surface area (Å²) in [7, 11) is 0. The van der Waals surface area contributed by atoms with Crippen molar-refractivity contribution in [1.82, 2.24) is 9.97 Å². The largest absolute Gasteiger partial charge is 0.392 e. The number of hydrogen-bond acceptors (Lipinski definition) is 5. The molecule has 2 aromatic heterocycles. The van der Waals surface area contributed by atoms with Crippen LogP contribution in [0, 0.1) is 6.92 Å². The SMILES string of the molecule is Cc1nc(CNc2cnccc2CO)cs1. The van der Waals surface area contributed by atoms with Crippen molar-refractivity contribution >= 4 is 17.0 Å². The fraction of sp³-hybridized carbons (Fsp3) is 0.273. The Morgan fingerprint density at radius 3 is 3.06 bits per heavy atom. The fourth-order valence-electron chi connectivity index (χ4n) is 1.40. The lowest BCUT2D eigenvalue weighted by molar-refractivity contribution is 0.282. The van der Waals surface area contributed by atoms with Crippen molar-refractivity contribution in [3.63, 3.8) is 0 Å². The van der Waals surface area contributed by atoms with Gasteiger partial charge in [-0.1, -0.05) is 0 Å². The second-order valence-electron chi connectivity index (χ2n) is 3.40. The first-order valence-corrected chi connectivity index (χ1v) is 5.86. The van der Waals surface area contributed by atoms with Crippen LogP contribution in [0.15, 0.2) is 23.8 Å². The Balaban J connectivity index is 2.04. The lowest BCUT2D eigenvalue weighted by Crippen LogP contribution is -2.03. The summed E-state index contributed by atoms with van der Waals surface area (Å²) in [5.41, 5.74) is 2.72. The van der Waals surface area contributed by atoms with Gasteiger partial charge in [-0.15, -0.1) is 11.3 Å². The standard InChI is InChI=1S/C11H13N3OS/c1-8-14-10(7-16-8)4-13-11-5-12-3-2-9(11)6-15/h2-3,5,7,13,15H,4,6H2,1H3. The van der Waals surface area contributed by atoms with Gasteiger partial charge in [0.1, 0.15) is 0 Å². The van der Waals surface area contributed by atoms with Gasteiger partial charge in [0.05, 0.1) is 35.7 Å². The lowest BCUT2D eigenvalue weighted by atomic mass is 10.2. The first-order chi connectivity index (χ1) is 7.79. The molecule has 0 atom stereocenters. The molecule has 4 nitrogen and oxygen atoms in total. The van der Waals surface area contributed by atoms with E-state index in [1.165, 1.54) is 0 Å². The van der Waals surface area contributed by atoms with Crippen LogP contribution < -0.4 is 5.32 Å². The van der Waals surface area contributed by atoms with E-state index in [1.807, 2.05) is 12.3 Å². The number of nitrogens with zero attached hydrogens (tertiary/aromatic N) is 2. The molecular weight excluding hydrogens is 222 g/mol. The van der Waals surface area contributed by atoms with E-state index >= 15 is 0 Å². The van der Waals surface area contributed by atoms with E-state index in [-0.39, 0.29) is 6.61 Å². The Morgan fingerprint density at radius 1 is 1.50 bits per heavy atom. The van der Waals surface area contributed by atoms with Crippen LogP contribution in [0.1, 0.15) is 16.3 Å². The Labute approximate surface area is 98.0 Å². The molecule has 2 rings (SSSR count). The maximum atomic E-state index is 9.14. The molecule has 0 aliphatic heterocycles. The summed E-state index contributed by atoms with van der Waals surface area (Å²) in [5.74, 6) is 0. The Hall–Kier alpha value is -1.46. The average molecular weight is 235 g/mol. The van der Waals surface area contributed by atoms with Gasteiger partial charge in [0.25, 0.3) is 0 Å². The third-order valence-electron chi connectivity index (χ3n) is 2.21. The maximum Gasteiger partial charge on any atom is 0.0898 e. The molecule has 0 saturated heterocycles. The number of nitrogens with one attached hydrogen (secondary N) is 1. The molecule has 0 radical (unpaired) electrons. The van der Waals surface area contributed by atoms with E-state index in [0.717, 1.165) is 22.0 Å². The predicted octanol–water partition coefficient (Wildman–Crippen LogP) is 1.95. The highest BCUT2D eigenvalue weighted by Gasteiger charge is 2.02. The van der Waals surface area contributed by atoms with Crippen molar-refractivity contribution in [1.29, 1.82) is 0 Å². The molecule has 2 heterocycles. The Kier molecular flexibility index (Phi) is 3.48. The molecule has 2 aromatic rings. The van der Waals surface area contributed by atoms with Crippen LogP contribution in [0.4, 0.5) is 5.69 Å². The van der Waals surface area contributed by atoms with Gasteiger partial charge in [0, 0.05) is 17.1 Å². The molecule has 0 bridgehead atoms. The molecule has 0 aromatic carbocycles. The third kappa shape index (κ3) is 2.56. The number of thiazole rings is 1. The third-order valence-corrected chi connectivity index (χ3v) is 3.03. The van der Waals surface area contributed by atoms with Gasteiger partial charge in [0.15, 0.2) is 0 Å². The highest BCUT2D eigenvalue weighted by Crippen LogP contribution is 2.15. The van der Waals surface area contributed by atoms with E-state index in [1.54, 1.807) is 29.8 Å². The Bertz CT molecular complexity index is 470. The highest BCUT2D eigenvalue weighted by atomic mass is 32.1. The summed E-state index contributed by atoms with van der Waals surface area (Å²) in [4.78, 5) is 8.37. The number of aryl methyl sites for hydroxylation is 1. The van der Waals surface area contributed by atoms with Crippen LogP contribution >= 0.6 is 11.3 Å². The number of pyridine rings is 1. The minimum atomic E-state index is 0.0148. The molecule has 0 spiro atoms. The van der Waals surface area contributed by atoms with Crippen molar-refractivity contribution < 1.29 is 5.11 Å². The van der Waals surface area contributed by atoms with Crippen molar-refractivity contribution in [3.8, 4) is 0 Å². The van der Waals surface area contributed by atoms with Gasteiger partial charge in [-0.25, -0.2) is 4.98 Å². The molecule has 0 saturated carbocycles. The fourth-order valence-corrected chi connectivity index (χ4v) is 2.01. The van der Waals surface area contributed by atoms with Gasteiger partial charge in [-0.3, -0.25) is 4.98 Å². The van der Waals surface area contributed by atoms with Crippen LogP contribution in [-0.4, -0.2) is 15.1 Å². The summed E-state index contributed by atoms with van der Waals surface area (Å²) in [5, 5.41) is 15.4. The summed E-state index contributed by atoms with van der Waals surface area (Å²) in [6.07, 6.45) is 3.38. The molecule has 0 aliphatic carbocycles. The Morgan fingerprint density at radius 2 is 2.38 bits per heavy atom. The zero-order chi connectivity index (χ0) is 11.4. The van der Waals surface area contributed by atoms with Crippen molar-refractivity contribution in [2.45, 2.75) is 20.1 Å². The van der Waals surface area contributed by atoms with Crippen LogP contribution in [0.3, 0.4) is 0 Å². The minimum absolute atomic E-state index is 0.0148. The molecule has 84 valence electrons. The number of anilines is 1. The van der Waals surface area contributed by atoms with Gasteiger partial charge >= 0.3 is 0 Å². The molecule has 2 N–H and O–H groups in total. The second-order valence-corrected chi connectivity index (χ2v) is 4.46. The van der Waals surface area contributed by atoms with Gasteiger partial charge < -0.3 is 10.4 Å². The maximum absolute atomic E-state index is 9.14. The summed E-state index contributed by atoms with van der Waals surface area (Å²) < 4.78 is 0. The summed E-state index contributed by atoms with van der Waals surface area (Å²) in [6.45, 7) is 2.65. The first kappa shape index (κ1) is 11.0. The monoisotopic (exact) mass is 235 g/mol. The molecule has 0 aliphatic rings. The van der Waals surface area contributed by atoms with Gasteiger partial charge in [-0.05, 0) is 13.0 Å². The van der Waals surface area contributed by atoms with Crippen molar-refractivity contribution in [2.75, 3.05) is 5.32 Å².